The number of piperazine rings is 1. The van der Waals surface area contributed by atoms with Crippen molar-refractivity contribution in [2.24, 2.45) is 5.41 Å². The number of aromatic amines is 1. The minimum Gasteiger partial charge on any atom is -0.496 e. The Morgan fingerprint density at radius 1 is 0.974 bits per heavy atom. The Hall–Kier alpha value is -6.71. The Labute approximate surface area is 447 Å². The molecule has 4 aromatic carbocycles. The number of aromatic nitrogens is 2. The summed E-state index contributed by atoms with van der Waals surface area (Å²) < 4.78 is 78.8. The van der Waals surface area contributed by atoms with Gasteiger partial charge in [-0.25, -0.2) is 26.9 Å². The molecule has 6 aromatic rings. The summed E-state index contributed by atoms with van der Waals surface area (Å²) in [5.41, 5.74) is 3.13. The molecule has 1 saturated carbocycles. The van der Waals surface area contributed by atoms with E-state index in [4.69, 9.17) is 14.2 Å². The molecule has 0 radical (unpaired) electrons. The topological polar surface area (TPSA) is 197 Å². The Morgan fingerprint density at radius 2 is 1.75 bits per heavy atom. The summed E-state index contributed by atoms with van der Waals surface area (Å²) in [6.45, 7) is 10.1. The lowest BCUT2D eigenvalue weighted by atomic mass is 9.59. The SMILES string of the molecule is CNCc1ccc(CN2CCN(C3CC4(CCN(c5cc(Oc6cnc7[nH]ccc7c6)c(C(=O)NS(=O)(=O)c6ccc(NCC7(F)CCOCC7)c([N+](=O)[O-])c6)cc5F)CC4)C3)[C@H](c3ccccc3C(C)C)C2)cc1OC. The first kappa shape index (κ1) is 53.7. The monoisotopic (exact) mass is 1080 g/mol. The Balaban J connectivity index is 0.849. The van der Waals surface area contributed by atoms with E-state index in [9.17, 15) is 23.3 Å². The number of fused-ring (bicyclic) bond motifs is 1. The number of alkyl halides is 1. The van der Waals surface area contributed by atoms with Crippen molar-refractivity contribution in [2.75, 3.05) is 76.9 Å². The van der Waals surface area contributed by atoms with Crippen LogP contribution in [0.2, 0.25) is 0 Å². The minimum atomic E-state index is -4.79. The van der Waals surface area contributed by atoms with Crippen molar-refractivity contribution in [3.05, 3.63) is 141 Å². The van der Waals surface area contributed by atoms with Gasteiger partial charge in [0.1, 0.15) is 40.1 Å². The lowest BCUT2D eigenvalue weighted by Crippen LogP contribution is -2.60. The van der Waals surface area contributed by atoms with Gasteiger partial charge in [0.15, 0.2) is 0 Å². The molecule has 17 nitrogen and oxygen atoms in total. The van der Waals surface area contributed by atoms with Gasteiger partial charge in [-0.1, -0.05) is 50.2 Å². The summed E-state index contributed by atoms with van der Waals surface area (Å²) in [4.78, 5) is 39.5. The molecule has 2 aromatic heterocycles. The van der Waals surface area contributed by atoms with Gasteiger partial charge in [-0.3, -0.25) is 24.7 Å². The molecule has 5 heterocycles. The first-order valence-electron chi connectivity index (χ1n) is 26.5. The number of carbonyl (C=O) groups excluding carboxylic acids is 1. The molecule has 4 aliphatic rings. The number of nitro benzene ring substituents is 1. The van der Waals surface area contributed by atoms with E-state index in [1.165, 1.54) is 29.0 Å². The van der Waals surface area contributed by atoms with Crippen LogP contribution in [0.4, 0.5) is 25.8 Å². The van der Waals surface area contributed by atoms with Crippen LogP contribution in [0.3, 0.4) is 0 Å². The number of nitrogens with one attached hydrogen (secondary N) is 4. The fraction of sp³-hybridized carbons (Fsp3) is 0.439. The molecule has 3 saturated heterocycles. The number of pyridine rings is 1. The summed E-state index contributed by atoms with van der Waals surface area (Å²) in [7, 11) is -1.13. The lowest BCUT2D eigenvalue weighted by molar-refractivity contribution is -0.384. The summed E-state index contributed by atoms with van der Waals surface area (Å²) in [6, 6.07) is 24.9. The molecule has 408 valence electrons. The van der Waals surface area contributed by atoms with E-state index < -0.39 is 48.5 Å². The Bertz CT molecular complexity index is 3240. The maximum absolute atomic E-state index is 16.6. The molecule has 4 fully saturated rings. The highest BCUT2D eigenvalue weighted by atomic mass is 32.2. The number of nitro groups is 1. The standard InChI is InChI=1S/C57H67F2N9O8S/c1-37(2)44-7-5-6-8-45(44)51-35-65(34-38-9-10-40(32-60-3)52(25-38)74-4)21-22-67(51)41-30-56(31-41)14-19-66(20-15-56)49-29-53(76-42-26-39-13-18-61-54(39)62-33-42)46(28-47(49)58)55(69)64-77(72,73)43-11-12-48(50(27-43)68(70)71)63-36-57(59)16-23-75-24-17-57/h5-13,18,25-29,33,37,41,51,60,63H,14-17,19-24,30-32,34-36H2,1-4H3,(H,61,62)(H,64,69)/t51-/m0/s1. The molecular weight excluding hydrogens is 1010 g/mol. The second kappa shape index (κ2) is 22.3. The fourth-order valence-electron chi connectivity index (χ4n) is 11.9. The molecule has 4 N–H and O–H groups in total. The Morgan fingerprint density at radius 3 is 2.49 bits per heavy atom. The number of halogens is 2. The number of sulfonamides is 1. The smallest absolute Gasteiger partial charge is 0.293 e. The van der Waals surface area contributed by atoms with Crippen LogP contribution < -0.4 is 29.7 Å². The molecule has 3 aliphatic heterocycles. The van der Waals surface area contributed by atoms with Gasteiger partial charge in [0.05, 0.1) is 34.4 Å². The number of amides is 1. The fourth-order valence-corrected chi connectivity index (χ4v) is 12.9. The average Bonchev–Trinajstić information content (AvgIpc) is 3.94. The maximum Gasteiger partial charge on any atom is 0.293 e. The van der Waals surface area contributed by atoms with E-state index in [0.29, 0.717) is 36.1 Å². The van der Waals surface area contributed by atoms with Crippen LogP contribution in [0.5, 0.6) is 17.2 Å². The van der Waals surface area contributed by atoms with Crippen LogP contribution in [0.15, 0.2) is 102 Å². The highest BCUT2D eigenvalue weighted by molar-refractivity contribution is 7.90. The summed E-state index contributed by atoms with van der Waals surface area (Å²) in [5, 5.41) is 18.9. The third kappa shape index (κ3) is 11.6. The predicted molar refractivity (Wildman–Crippen MR) is 291 cm³/mol. The van der Waals surface area contributed by atoms with Crippen LogP contribution in [0.1, 0.15) is 96.9 Å². The van der Waals surface area contributed by atoms with E-state index in [1.807, 2.05) is 16.7 Å². The summed E-state index contributed by atoms with van der Waals surface area (Å²) in [5.74, 6) is -0.621. The van der Waals surface area contributed by atoms with E-state index >= 15 is 8.78 Å². The van der Waals surface area contributed by atoms with Crippen molar-refractivity contribution < 1.29 is 41.1 Å². The van der Waals surface area contributed by atoms with Gasteiger partial charge in [0, 0.05) is 120 Å². The van der Waals surface area contributed by atoms with Gasteiger partial charge < -0.3 is 34.7 Å². The number of H-pyrrole nitrogens is 1. The zero-order chi connectivity index (χ0) is 54.1. The van der Waals surface area contributed by atoms with Crippen molar-refractivity contribution in [3.63, 3.8) is 0 Å². The van der Waals surface area contributed by atoms with Crippen molar-refractivity contribution in [1.29, 1.82) is 0 Å². The van der Waals surface area contributed by atoms with E-state index in [0.717, 1.165) is 94.0 Å². The largest absolute Gasteiger partial charge is 0.496 e. The number of benzene rings is 4. The van der Waals surface area contributed by atoms with Gasteiger partial charge in [-0.15, -0.1) is 0 Å². The number of ether oxygens (including phenoxy) is 3. The Kier molecular flexibility index (Phi) is 15.6. The molecule has 20 heteroatoms. The number of carbonyl (C=O) groups is 1. The molecule has 1 spiro atoms. The second-order valence-electron chi connectivity index (χ2n) is 21.5. The number of methoxy groups -OCH3 is 1. The van der Waals surface area contributed by atoms with Gasteiger partial charge in [-0.2, -0.15) is 0 Å². The van der Waals surface area contributed by atoms with E-state index in [-0.39, 0.29) is 66.9 Å². The van der Waals surface area contributed by atoms with Crippen LogP contribution in [0, 0.1) is 21.3 Å². The predicted octanol–water partition coefficient (Wildman–Crippen LogP) is 9.61. The van der Waals surface area contributed by atoms with Gasteiger partial charge in [0.25, 0.3) is 21.6 Å². The van der Waals surface area contributed by atoms with Crippen molar-refractivity contribution in [1.82, 2.24) is 29.8 Å². The molecule has 0 unspecified atom stereocenters. The van der Waals surface area contributed by atoms with Crippen molar-refractivity contribution in [3.8, 4) is 17.2 Å². The van der Waals surface area contributed by atoms with E-state index in [1.54, 1.807) is 25.4 Å². The van der Waals surface area contributed by atoms with Crippen LogP contribution in [-0.4, -0.2) is 117 Å². The van der Waals surface area contributed by atoms with Crippen LogP contribution >= 0.6 is 0 Å². The zero-order valence-electron chi connectivity index (χ0n) is 43.9. The number of rotatable bonds is 18. The summed E-state index contributed by atoms with van der Waals surface area (Å²) >= 11 is 0. The molecule has 1 aliphatic carbocycles. The van der Waals surface area contributed by atoms with E-state index in [2.05, 4.69) is 86.7 Å². The highest BCUT2D eigenvalue weighted by Crippen LogP contribution is 2.54. The number of piperidine rings is 1. The van der Waals surface area contributed by atoms with Crippen molar-refractivity contribution in [2.45, 2.75) is 94.0 Å². The number of anilines is 2. The lowest BCUT2D eigenvalue weighted by Gasteiger charge is -2.58. The molecule has 1 atom stereocenters. The molecule has 0 bridgehead atoms. The van der Waals surface area contributed by atoms with Crippen LogP contribution in [-0.2, 0) is 27.8 Å². The molecule has 1 amide bonds. The van der Waals surface area contributed by atoms with Gasteiger partial charge in [-0.05, 0) is 97.2 Å². The number of hydrogen-bond acceptors (Lipinski definition) is 14. The maximum atomic E-state index is 16.6. The van der Waals surface area contributed by atoms with Crippen molar-refractivity contribution >= 4 is 44.0 Å². The molecule has 77 heavy (non-hydrogen) atoms. The summed E-state index contributed by atoms with van der Waals surface area (Å²) in [6.07, 6.45) is 7.05. The normalized spacial score (nSPS) is 19.1. The third-order valence-corrected chi connectivity index (χ3v) is 17.5. The van der Waals surface area contributed by atoms with Gasteiger partial charge in [0.2, 0.25) is 0 Å². The quantitative estimate of drug-likeness (QED) is 0.0469. The third-order valence-electron chi connectivity index (χ3n) is 16.2. The van der Waals surface area contributed by atoms with Gasteiger partial charge >= 0.3 is 0 Å². The second-order valence-corrected chi connectivity index (χ2v) is 23.2. The zero-order valence-corrected chi connectivity index (χ0v) is 44.8. The minimum absolute atomic E-state index is 0.0806. The highest BCUT2D eigenvalue weighted by Gasteiger charge is 2.50. The number of hydrogen-bond donors (Lipinski definition) is 4. The number of nitrogens with zero attached hydrogens (tertiary/aromatic N) is 5. The first-order chi connectivity index (χ1) is 37.0. The average molecular weight is 1080 g/mol. The molecular formula is C57H67F2N9O8S. The molecule has 10 rings (SSSR count). The first-order valence-corrected chi connectivity index (χ1v) is 27.9. The van der Waals surface area contributed by atoms with Crippen LogP contribution in [0.25, 0.3) is 11.0 Å².